The van der Waals surface area contributed by atoms with Crippen LogP contribution in [0.4, 0.5) is 0 Å². The maximum absolute atomic E-state index is 10.1. The zero-order chi connectivity index (χ0) is 32.9. The third kappa shape index (κ3) is 82.0. The number of aromatic hydroxyl groups is 2. The number of carbonyl (C=O) groups is 2. The number of aldehydes is 2. The fourth-order valence-corrected chi connectivity index (χ4v) is 2.39. The summed E-state index contributed by atoms with van der Waals surface area (Å²) in [4.78, 5) is 19.8. The molecule has 10 N–H and O–H groups in total. The van der Waals surface area contributed by atoms with Crippen LogP contribution in [0.1, 0.15) is 96.7 Å². The van der Waals surface area contributed by atoms with E-state index in [-0.39, 0.29) is 225 Å². The summed E-state index contributed by atoms with van der Waals surface area (Å²) >= 11 is 7.39. The number of phenols is 2. The molecule has 4 aromatic rings. The second-order valence-corrected chi connectivity index (χ2v) is 43.8. The largest absolute Gasteiger partial charge is 0 e. The molecule has 0 aliphatic carbocycles. The van der Waals surface area contributed by atoms with Crippen LogP contribution >= 0.6 is 78.4 Å². The van der Waals surface area contributed by atoms with E-state index in [0.29, 0.717) is 17.4 Å². The van der Waals surface area contributed by atoms with Gasteiger partial charge in [0.1, 0.15) is 0 Å². The fourth-order valence-electron chi connectivity index (χ4n) is 2.03. The molecule has 0 amide bonds. The van der Waals surface area contributed by atoms with Crippen LogP contribution in [0.2, 0.25) is 0 Å². The Balaban J connectivity index is -0.0000000211. The molecule has 0 saturated carbocycles. The standard InChI is InChI=1S/C8H7O.C7H5O2.C7H8P.C6H6OP.2C2H6.5CH4.3HI.4H2O.2V.4Y/c1-7-2-4-8(6-9)5-3-7;8-5-6-1-3-7(9)4-2-6;1-6-2-4-7(8)5-3-6;7-5-1-3-6(8)4-2-5;2*1-2;;;;;;;;;;;;;;;;;;/h2,4-6H,1H3;1-3,5,9H;2,4-5H,8H2,1H3;1,3-4,7H,8H2;2*1-2H3;5*1H4;3*1H;4*1H2;;;;;;/q4*-1;;;;;;;;;;;;;;;;+3;;;;/p-3. The van der Waals surface area contributed by atoms with E-state index in [2.05, 4.69) is 109 Å². The minimum Gasteiger partial charge on any atom is 0 e. The van der Waals surface area contributed by atoms with Crippen molar-refractivity contribution in [1.29, 1.82) is 0 Å². The van der Waals surface area contributed by atoms with Crippen LogP contribution in [-0.4, -0.2) is 44.7 Å². The maximum Gasteiger partial charge on any atom is 0 e. The van der Waals surface area contributed by atoms with Crippen LogP contribution in [0, 0.1) is 38.1 Å². The van der Waals surface area contributed by atoms with Crippen molar-refractivity contribution in [3.63, 3.8) is 0 Å². The van der Waals surface area contributed by atoms with Crippen LogP contribution in [0.15, 0.2) is 72.8 Å². The van der Waals surface area contributed by atoms with Crippen molar-refractivity contribution in [1.82, 2.24) is 0 Å². The Morgan fingerprint density at radius 3 is 0.929 bits per heavy atom. The van der Waals surface area contributed by atoms with E-state index in [0.717, 1.165) is 17.2 Å². The van der Waals surface area contributed by atoms with E-state index in [1.807, 2.05) is 59.7 Å². The summed E-state index contributed by atoms with van der Waals surface area (Å²) in [6.07, 6.45) is 1.52. The number of phenolic OH excluding ortho intramolecular Hbond substituents is 2. The zero-order valence-electron chi connectivity index (χ0n) is 29.3. The van der Waals surface area contributed by atoms with Gasteiger partial charge in [-0.2, -0.15) is 102 Å². The summed E-state index contributed by atoms with van der Waals surface area (Å²) in [5.74, 6) is 0.247. The summed E-state index contributed by atoms with van der Waals surface area (Å²) in [5.41, 5.74) is 3.45. The van der Waals surface area contributed by atoms with E-state index >= 15 is 0 Å². The minimum atomic E-state index is -0.278. The number of halogens is 3. The molecule has 319 valence electrons. The van der Waals surface area contributed by atoms with E-state index in [4.69, 9.17) is 10.2 Å². The Kier molecular flexibility index (Phi) is 167. The average molecular weight is 1540 g/mol. The summed E-state index contributed by atoms with van der Waals surface area (Å²) in [7, 11) is 5.13. The Labute approximate surface area is 497 Å². The molecule has 0 heterocycles. The first-order valence-electron chi connectivity index (χ1n) is 12.5. The van der Waals surface area contributed by atoms with Crippen molar-refractivity contribution in [2.75, 3.05) is 0 Å². The topological polar surface area (TPSA) is 201 Å². The van der Waals surface area contributed by atoms with Crippen molar-refractivity contribution in [3.8, 4) is 11.5 Å². The molecule has 5 radical (unpaired) electrons. The quantitative estimate of drug-likeness (QED) is 0.0873. The van der Waals surface area contributed by atoms with Gasteiger partial charge in [-0.1, -0.05) is 89.8 Å². The number of hydrogen-bond donors (Lipinski definition) is 2. The first-order chi connectivity index (χ1) is 20.0. The van der Waals surface area contributed by atoms with Gasteiger partial charge in [-0.25, -0.2) is 0 Å². The van der Waals surface area contributed by atoms with Gasteiger partial charge in [0.15, 0.2) is 0 Å². The molecule has 0 aliphatic rings. The van der Waals surface area contributed by atoms with Crippen LogP contribution in [0.5, 0.6) is 11.5 Å². The first-order valence-corrected chi connectivity index (χ1v) is 27.2. The van der Waals surface area contributed by atoms with Crippen molar-refractivity contribution >= 4 is 102 Å². The van der Waals surface area contributed by atoms with Crippen molar-refractivity contribution in [2.45, 2.75) is 78.7 Å². The van der Waals surface area contributed by atoms with Gasteiger partial charge in [-0.15, -0.1) is 34.9 Å². The summed E-state index contributed by atoms with van der Waals surface area (Å²) < 4.78 is 0. The normalized spacial score (nSPS) is 6.36. The maximum atomic E-state index is 10.1. The smallest absolute Gasteiger partial charge is 0 e. The third-order valence-electron chi connectivity index (χ3n) is 3.90. The molecule has 0 aliphatic heterocycles. The van der Waals surface area contributed by atoms with Crippen LogP contribution in [0.3, 0.4) is 0 Å². The number of carbonyl (C=O) groups excluding carboxylic acids is 2. The number of hydrogen-bond acceptors (Lipinski definition) is 4. The van der Waals surface area contributed by atoms with Crippen molar-refractivity contribution in [2.24, 2.45) is 0 Å². The minimum absolute atomic E-state index is 0. The molecule has 0 aromatic heterocycles. The number of aryl methyl sites for hydroxylation is 2. The van der Waals surface area contributed by atoms with Crippen LogP contribution in [-0.2, 0) is 154 Å². The molecule has 19 heteroatoms. The molecule has 0 bridgehead atoms. The molecular weight excluding hydrogens is 1470 g/mol. The van der Waals surface area contributed by atoms with E-state index in [1.54, 1.807) is 30.3 Å². The molecule has 2 unspecified atom stereocenters. The SMILES string of the molecule is C.C.C.C.C.CC.CC.Cc1[c-]cc(C=O)cc1.Cc1[c-]cc(P)cc1.O.O.O.O.O=Cc1c[c-]c(O)cc1.Oc1[c-]cc(P)cc1.[I][V]([I])[I].[V].[Y].[Y].[Y].[Y]. The Morgan fingerprint density at radius 1 is 0.518 bits per heavy atom. The molecule has 4 rings (SSSR count). The third-order valence-corrected chi connectivity index (χ3v) is 4.62. The summed E-state index contributed by atoms with van der Waals surface area (Å²) in [6.45, 7) is 12.0. The van der Waals surface area contributed by atoms with Crippen LogP contribution in [0.25, 0.3) is 0 Å². The number of rotatable bonds is 2. The fraction of sp³-hybridized carbons (Fsp3) is 0.297. The van der Waals surface area contributed by atoms with E-state index < -0.39 is 0 Å². The van der Waals surface area contributed by atoms with Gasteiger partial charge < -0.3 is 41.7 Å². The van der Waals surface area contributed by atoms with Gasteiger partial charge in [0.05, 0.1) is 12.6 Å². The predicted molar refractivity (Wildman–Crippen MR) is 256 cm³/mol. The molecular formula is C37H66I3O8P2V2Y4-4. The van der Waals surface area contributed by atoms with Gasteiger partial charge in [0.25, 0.3) is 0 Å². The molecule has 2 atom stereocenters. The van der Waals surface area contributed by atoms with Crippen molar-refractivity contribution in [3.05, 3.63) is 119 Å². The van der Waals surface area contributed by atoms with Gasteiger partial charge in [-0.05, 0) is 0 Å². The van der Waals surface area contributed by atoms with Crippen molar-refractivity contribution < 1.29 is 196 Å². The second-order valence-electron chi connectivity index (χ2n) is 7.05. The predicted octanol–water partition coefficient (Wildman–Crippen LogP) is 9.18. The van der Waals surface area contributed by atoms with E-state index in [9.17, 15) is 9.59 Å². The second kappa shape index (κ2) is 82.9. The van der Waals surface area contributed by atoms with E-state index in [1.165, 1.54) is 29.1 Å². The Bertz CT molecular complexity index is 1080. The van der Waals surface area contributed by atoms with Gasteiger partial charge >= 0.3 is 64.9 Å². The Morgan fingerprint density at radius 2 is 0.750 bits per heavy atom. The number of benzene rings is 4. The zero-order valence-corrected chi connectivity index (χ0v) is 52.2. The molecule has 4 aromatic carbocycles. The van der Waals surface area contributed by atoms with Gasteiger partial charge in [0, 0.05) is 161 Å². The van der Waals surface area contributed by atoms with Crippen LogP contribution < -0.4 is 10.6 Å². The molecule has 0 spiro atoms. The Hall–Kier alpha value is 4.29. The molecule has 8 nitrogen and oxygen atoms in total. The summed E-state index contributed by atoms with van der Waals surface area (Å²) in [5, 5.41) is 19.6. The average Bonchev–Trinajstić information content (AvgIpc) is 3.00. The van der Waals surface area contributed by atoms with Gasteiger partial charge in [0.2, 0.25) is 0 Å². The summed E-state index contributed by atoms with van der Waals surface area (Å²) in [6, 6.07) is 32.0. The molecule has 0 fully saturated rings. The van der Waals surface area contributed by atoms with Gasteiger partial charge in [-0.3, -0.25) is 0 Å². The first kappa shape index (κ1) is 113. The molecule has 56 heavy (non-hydrogen) atoms. The molecule has 0 saturated heterocycles. The monoisotopic (exact) mass is 1540 g/mol.